The van der Waals surface area contributed by atoms with Crippen molar-refractivity contribution in [3.05, 3.63) is 60.5 Å². The molecule has 7 heteroatoms. The molecule has 0 unspecified atom stereocenters. The Kier molecular flexibility index (Phi) is 5.15. The van der Waals surface area contributed by atoms with Crippen molar-refractivity contribution in [2.75, 3.05) is 17.2 Å². The van der Waals surface area contributed by atoms with Gasteiger partial charge in [-0.1, -0.05) is 18.2 Å². The lowest BCUT2D eigenvalue weighted by Gasteiger charge is -2.14. The molecule has 2 aromatic heterocycles. The molecule has 6 nitrogen and oxygen atoms in total. The van der Waals surface area contributed by atoms with Crippen LogP contribution in [0.25, 0.3) is 11.4 Å². The van der Waals surface area contributed by atoms with E-state index < -0.39 is 0 Å². The summed E-state index contributed by atoms with van der Waals surface area (Å²) in [6.07, 6.45) is 1.67. The molecule has 0 radical (unpaired) electrons. The van der Waals surface area contributed by atoms with E-state index in [0.717, 1.165) is 0 Å². The number of nitrogens with one attached hydrogen (secondary N) is 2. The van der Waals surface area contributed by atoms with Gasteiger partial charge < -0.3 is 15.7 Å². The van der Waals surface area contributed by atoms with Crippen LogP contribution in [0.2, 0.25) is 0 Å². The summed E-state index contributed by atoms with van der Waals surface area (Å²) >= 11 is 0. The van der Waals surface area contributed by atoms with Gasteiger partial charge in [0, 0.05) is 18.3 Å². The van der Waals surface area contributed by atoms with Crippen LogP contribution >= 0.6 is 0 Å². The van der Waals surface area contributed by atoms with E-state index in [-0.39, 0.29) is 18.5 Å². The molecule has 128 valence electrons. The van der Waals surface area contributed by atoms with Crippen molar-refractivity contribution in [1.82, 2.24) is 15.0 Å². The van der Waals surface area contributed by atoms with Gasteiger partial charge in [-0.2, -0.15) is 4.98 Å². The second-order valence-electron chi connectivity index (χ2n) is 5.51. The van der Waals surface area contributed by atoms with Gasteiger partial charge in [-0.3, -0.25) is 4.98 Å². The normalized spacial score (nSPS) is 11.8. The van der Waals surface area contributed by atoms with Crippen molar-refractivity contribution in [2.45, 2.75) is 13.0 Å². The lowest BCUT2D eigenvalue weighted by atomic mass is 10.2. The average molecular weight is 339 g/mol. The molecule has 0 amide bonds. The summed E-state index contributed by atoms with van der Waals surface area (Å²) in [4.78, 5) is 13.1. The van der Waals surface area contributed by atoms with Gasteiger partial charge in [0.2, 0.25) is 5.95 Å². The fourth-order valence-electron chi connectivity index (χ4n) is 2.19. The first kappa shape index (κ1) is 16.8. The largest absolute Gasteiger partial charge is 0.394 e. The van der Waals surface area contributed by atoms with Gasteiger partial charge in [0.05, 0.1) is 23.7 Å². The summed E-state index contributed by atoms with van der Waals surface area (Å²) in [6, 6.07) is 13.3. The zero-order chi connectivity index (χ0) is 17.6. The van der Waals surface area contributed by atoms with Gasteiger partial charge in [-0.25, -0.2) is 9.37 Å². The number of anilines is 3. The molecule has 1 atom stereocenters. The minimum atomic E-state index is -0.376. The molecule has 0 saturated heterocycles. The molecular weight excluding hydrogens is 321 g/mol. The van der Waals surface area contributed by atoms with Gasteiger partial charge in [0.15, 0.2) is 0 Å². The Hall–Kier alpha value is -3.06. The number of benzene rings is 1. The van der Waals surface area contributed by atoms with Crippen LogP contribution in [0.3, 0.4) is 0 Å². The Morgan fingerprint density at radius 2 is 1.88 bits per heavy atom. The zero-order valence-electron chi connectivity index (χ0n) is 13.6. The molecule has 0 aliphatic carbocycles. The second kappa shape index (κ2) is 7.67. The molecule has 3 N–H and O–H groups in total. The van der Waals surface area contributed by atoms with Crippen LogP contribution in [-0.2, 0) is 0 Å². The molecule has 3 rings (SSSR count). The number of hydrogen-bond acceptors (Lipinski definition) is 6. The third-order valence-electron chi connectivity index (χ3n) is 3.44. The highest BCUT2D eigenvalue weighted by Crippen LogP contribution is 2.23. The molecule has 2 heterocycles. The first-order valence-electron chi connectivity index (χ1n) is 7.85. The van der Waals surface area contributed by atoms with Crippen LogP contribution in [0.15, 0.2) is 54.7 Å². The Labute approximate surface area is 144 Å². The third kappa shape index (κ3) is 4.27. The quantitative estimate of drug-likeness (QED) is 0.640. The zero-order valence-corrected chi connectivity index (χ0v) is 13.6. The Balaban J connectivity index is 1.99. The van der Waals surface area contributed by atoms with E-state index in [2.05, 4.69) is 25.6 Å². The topological polar surface area (TPSA) is 83.0 Å². The third-order valence-corrected chi connectivity index (χ3v) is 3.44. The maximum absolute atomic E-state index is 13.9. The van der Waals surface area contributed by atoms with Crippen molar-refractivity contribution in [2.24, 2.45) is 0 Å². The molecule has 3 aromatic rings. The van der Waals surface area contributed by atoms with Gasteiger partial charge in [-0.05, 0) is 31.2 Å². The number of nitrogens with zero attached hydrogens (tertiary/aromatic N) is 3. The first-order chi connectivity index (χ1) is 12.2. The van der Waals surface area contributed by atoms with Gasteiger partial charge in [0.1, 0.15) is 11.6 Å². The summed E-state index contributed by atoms with van der Waals surface area (Å²) in [6.45, 7) is 1.74. The predicted octanol–water partition coefficient (Wildman–Crippen LogP) is 3.21. The summed E-state index contributed by atoms with van der Waals surface area (Å²) in [7, 11) is 0. The molecule has 0 spiro atoms. The van der Waals surface area contributed by atoms with Crippen molar-refractivity contribution >= 4 is 17.5 Å². The van der Waals surface area contributed by atoms with E-state index in [4.69, 9.17) is 0 Å². The highest BCUT2D eigenvalue weighted by atomic mass is 19.1. The van der Waals surface area contributed by atoms with Crippen molar-refractivity contribution in [1.29, 1.82) is 0 Å². The highest BCUT2D eigenvalue weighted by molar-refractivity contribution is 5.65. The van der Waals surface area contributed by atoms with E-state index in [0.29, 0.717) is 28.8 Å². The molecule has 0 aliphatic rings. The van der Waals surface area contributed by atoms with E-state index in [1.54, 1.807) is 37.4 Å². The smallest absolute Gasteiger partial charge is 0.225 e. The lowest BCUT2D eigenvalue weighted by Crippen LogP contribution is -2.21. The monoisotopic (exact) mass is 339 g/mol. The maximum Gasteiger partial charge on any atom is 0.225 e. The van der Waals surface area contributed by atoms with Crippen LogP contribution in [0.4, 0.5) is 21.8 Å². The first-order valence-corrected chi connectivity index (χ1v) is 7.85. The second-order valence-corrected chi connectivity index (χ2v) is 5.51. The summed E-state index contributed by atoms with van der Waals surface area (Å²) in [5.74, 6) is 0.371. The fraction of sp³-hybridized carbons (Fsp3) is 0.167. The minimum Gasteiger partial charge on any atom is -0.394 e. The van der Waals surface area contributed by atoms with E-state index in [1.165, 1.54) is 6.07 Å². The summed E-state index contributed by atoms with van der Waals surface area (Å²) in [5.41, 5.74) is 1.57. The average Bonchev–Trinajstić information content (AvgIpc) is 2.64. The highest BCUT2D eigenvalue weighted by Gasteiger charge is 2.11. The Morgan fingerprint density at radius 3 is 2.60 bits per heavy atom. The number of pyridine rings is 1. The fourth-order valence-corrected chi connectivity index (χ4v) is 2.19. The Morgan fingerprint density at radius 1 is 1.08 bits per heavy atom. The number of aliphatic hydroxyl groups is 1. The van der Waals surface area contributed by atoms with Gasteiger partial charge in [0.25, 0.3) is 0 Å². The van der Waals surface area contributed by atoms with Crippen molar-refractivity contribution < 1.29 is 9.50 Å². The predicted molar refractivity (Wildman–Crippen MR) is 95.1 cm³/mol. The van der Waals surface area contributed by atoms with E-state index in [9.17, 15) is 9.50 Å². The van der Waals surface area contributed by atoms with Crippen LogP contribution in [0.1, 0.15) is 6.92 Å². The number of halogens is 1. The standard InChI is InChI=1S/C18H18FN5O/c1-12(11-25)21-18-23-16(15-8-4-5-9-20-15)10-17(24-18)22-14-7-3-2-6-13(14)19/h2-10,12,25H,11H2,1H3,(H2,21,22,23,24)/t12-/m1/s1. The number of para-hydroxylation sites is 1. The summed E-state index contributed by atoms with van der Waals surface area (Å²) in [5, 5.41) is 15.2. The van der Waals surface area contributed by atoms with Crippen LogP contribution in [-0.4, -0.2) is 32.7 Å². The van der Waals surface area contributed by atoms with Crippen molar-refractivity contribution in [3.8, 4) is 11.4 Å². The van der Waals surface area contributed by atoms with E-state index in [1.807, 2.05) is 18.2 Å². The molecule has 25 heavy (non-hydrogen) atoms. The number of aliphatic hydroxyl groups excluding tert-OH is 1. The van der Waals surface area contributed by atoms with Crippen LogP contribution in [0, 0.1) is 5.82 Å². The molecule has 0 fully saturated rings. The van der Waals surface area contributed by atoms with E-state index >= 15 is 0 Å². The number of hydrogen-bond donors (Lipinski definition) is 3. The Bertz CT molecular complexity index is 844. The summed E-state index contributed by atoms with van der Waals surface area (Å²) < 4.78 is 13.9. The lowest BCUT2D eigenvalue weighted by molar-refractivity contribution is 0.281. The molecule has 0 bridgehead atoms. The molecule has 1 aromatic carbocycles. The van der Waals surface area contributed by atoms with Gasteiger partial charge in [-0.15, -0.1) is 0 Å². The van der Waals surface area contributed by atoms with Crippen LogP contribution in [0.5, 0.6) is 0 Å². The molecule has 0 aliphatic heterocycles. The molecule has 0 saturated carbocycles. The number of rotatable bonds is 6. The number of aromatic nitrogens is 3. The van der Waals surface area contributed by atoms with Crippen molar-refractivity contribution in [3.63, 3.8) is 0 Å². The minimum absolute atomic E-state index is 0.0623. The van der Waals surface area contributed by atoms with Crippen LogP contribution < -0.4 is 10.6 Å². The van der Waals surface area contributed by atoms with Gasteiger partial charge >= 0.3 is 0 Å². The molecular formula is C18H18FN5O. The SMILES string of the molecule is C[C@H](CO)Nc1nc(Nc2ccccc2F)cc(-c2ccccn2)n1. The maximum atomic E-state index is 13.9.